The van der Waals surface area contributed by atoms with Gasteiger partial charge < -0.3 is 9.47 Å². The summed E-state index contributed by atoms with van der Waals surface area (Å²) in [6, 6.07) is 0. The molecule has 0 N–H and O–H groups in total. The van der Waals surface area contributed by atoms with E-state index in [0.717, 1.165) is 19.3 Å². The predicted molar refractivity (Wildman–Crippen MR) is 72.6 cm³/mol. The summed E-state index contributed by atoms with van der Waals surface area (Å²) in [4.78, 5) is 23.7. The van der Waals surface area contributed by atoms with Crippen molar-refractivity contribution in [1.29, 1.82) is 0 Å². The first kappa shape index (κ1) is 16.0. The Hall–Kier alpha value is -1.06. The normalized spacial score (nSPS) is 21.7. The number of carbonyl (C=O) groups is 2. The van der Waals surface area contributed by atoms with Crippen LogP contribution in [0.5, 0.6) is 0 Å². The Morgan fingerprint density at radius 2 is 1.58 bits per heavy atom. The highest BCUT2D eigenvalue weighted by Crippen LogP contribution is 2.47. The van der Waals surface area contributed by atoms with Gasteiger partial charge in [0.25, 0.3) is 0 Å². The van der Waals surface area contributed by atoms with E-state index in [1.165, 1.54) is 6.42 Å². The summed E-state index contributed by atoms with van der Waals surface area (Å²) in [7, 11) is 0. The molecule has 19 heavy (non-hydrogen) atoms. The lowest BCUT2D eigenvalue weighted by atomic mass is 9.63. The molecule has 0 spiro atoms. The minimum absolute atomic E-state index is 0.194. The first-order chi connectivity index (χ1) is 9.04. The summed E-state index contributed by atoms with van der Waals surface area (Å²) in [6.45, 7) is 6.53. The Kier molecular flexibility index (Phi) is 6.32. The van der Waals surface area contributed by atoms with Crippen molar-refractivity contribution in [3.05, 3.63) is 0 Å². The highest BCUT2D eigenvalue weighted by molar-refractivity contribution is 5.74. The first-order valence-electron chi connectivity index (χ1n) is 7.35. The van der Waals surface area contributed by atoms with E-state index < -0.39 is 0 Å². The van der Waals surface area contributed by atoms with Crippen molar-refractivity contribution >= 4 is 11.9 Å². The van der Waals surface area contributed by atoms with Gasteiger partial charge in [0, 0.05) is 0 Å². The van der Waals surface area contributed by atoms with Gasteiger partial charge in [-0.25, -0.2) is 0 Å². The molecule has 0 heterocycles. The van der Waals surface area contributed by atoms with Crippen LogP contribution >= 0.6 is 0 Å². The van der Waals surface area contributed by atoms with E-state index in [1.54, 1.807) is 13.8 Å². The fourth-order valence-corrected chi connectivity index (χ4v) is 3.07. The Morgan fingerprint density at radius 1 is 1.05 bits per heavy atom. The molecule has 0 saturated heterocycles. The maximum atomic E-state index is 11.8. The van der Waals surface area contributed by atoms with Gasteiger partial charge in [0.2, 0.25) is 0 Å². The van der Waals surface area contributed by atoms with Crippen molar-refractivity contribution in [2.24, 2.45) is 11.3 Å². The van der Waals surface area contributed by atoms with Crippen LogP contribution < -0.4 is 0 Å². The van der Waals surface area contributed by atoms with E-state index in [-0.39, 0.29) is 17.4 Å². The number of hydrogen-bond donors (Lipinski definition) is 0. The van der Waals surface area contributed by atoms with E-state index in [0.29, 0.717) is 32.0 Å². The Bertz CT molecular complexity index is 291. The van der Waals surface area contributed by atoms with Crippen LogP contribution in [0.1, 0.15) is 59.3 Å². The lowest BCUT2D eigenvalue weighted by molar-refractivity contribution is -0.153. The molecular weight excluding hydrogens is 244 g/mol. The van der Waals surface area contributed by atoms with Crippen LogP contribution in [0.2, 0.25) is 0 Å². The molecule has 0 aromatic rings. The minimum Gasteiger partial charge on any atom is -0.466 e. The van der Waals surface area contributed by atoms with Crippen LogP contribution in [0.15, 0.2) is 0 Å². The van der Waals surface area contributed by atoms with Crippen molar-refractivity contribution < 1.29 is 19.1 Å². The largest absolute Gasteiger partial charge is 0.466 e. The van der Waals surface area contributed by atoms with Crippen molar-refractivity contribution in [3.63, 3.8) is 0 Å². The second kappa shape index (κ2) is 7.51. The number of esters is 2. The molecule has 1 fully saturated rings. The zero-order valence-corrected chi connectivity index (χ0v) is 12.4. The Morgan fingerprint density at radius 3 is 2.00 bits per heavy atom. The fourth-order valence-electron chi connectivity index (χ4n) is 3.07. The smallest absolute Gasteiger partial charge is 0.306 e. The maximum absolute atomic E-state index is 11.8. The third kappa shape index (κ3) is 4.51. The SMILES string of the molecule is CCOC(=O)CC1(CC(=O)OCC)CCCCC1C. The fraction of sp³-hybridized carbons (Fsp3) is 0.867. The van der Waals surface area contributed by atoms with Crippen molar-refractivity contribution in [3.8, 4) is 0 Å². The summed E-state index contributed by atoms with van der Waals surface area (Å²) in [5.41, 5.74) is -0.267. The van der Waals surface area contributed by atoms with E-state index in [4.69, 9.17) is 9.47 Å². The standard InChI is InChI=1S/C15H26O4/c1-4-18-13(16)10-15(11-14(17)19-5-2)9-7-6-8-12(15)3/h12H,4-11H2,1-3H3. The van der Waals surface area contributed by atoms with Crippen molar-refractivity contribution in [2.75, 3.05) is 13.2 Å². The third-order valence-corrected chi connectivity index (χ3v) is 4.21. The summed E-state index contributed by atoms with van der Waals surface area (Å²) < 4.78 is 10.1. The average molecular weight is 270 g/mol. The zero-order chi connectivity index (χ0) is 14.3. The summed E-state index contributed by atoms with van der Waals surface area (Å²) in [6.07, 6.45) is 4.89. The molecule has 0 bridgehead atoms. The van der Waals surface area contributed by atoms with Gasteiger partial charge in [0.15, 0.2) is 0 Å². The molecule has 1 rings (SSSR count). The van der Waals surface area contributed by atoms with Gasteiger partial charge in [-0.1, -0.05) is 26.2 Å². The van der Waals surface area contributed by atoms with Gasteiger partial charge in [-0.3, -0.25) is 9.59 Å². The van der Waals surface area contributed by atoms with Crippen LogP contribution in [0.25, 0.3) is 0 Å². The number of ether oxygens (including phenoxy) is 2. The second-order valence-electron chi connectivity index (χ2n) is 5.47. The van der Waals surface area contributed by atoms with Crippen LogP contribution in [-0.2, 0) is 19.1 Å². The molecule has 1 unspecified atom stereocenters. The molecule has 0 amide bonds. The van der Waals surface area contributed by atoms with Crippen molar-refractivity contribution in [1.82, 2.24) is 0 Å². The van der Waals surface area contributed by atoms with Crippen LogP contribution in [0.3, 0.4) is 0 Å². The number of carbonyl (C=O) groups excluding carboxylic acids is 2. The molecule has 0 aromatic carbocycles. The lowest BCUT2D eigenvalue weighted by Crippen LogP contribution is -2.37. The molecule has 110 valence electrons. The van der Waals surface area contributed by atoms with E-state index in [2.05, 4.69) is 6.92 Å². The molecule has 4 heteroatoms. The maximum Gasteiger partial charge on any atom is 0.306 e. The molecule has 0 radical (unpaired) electrons. The van der Waals surface area contributed by atoms with Crippen LogP contribution in [-0.4, -0.2) is 25.2 Å². The van der Waals surface area contributed by atoms with Crippen LogP contribution in [0.4, 0.5) is 0 Å². The molecular formula is C15H26O4. The average Bonchev–Trinajstić information content (AvgIpc) is 2.33. The third-order valence-electron chi connectivity index (χ3n) is 4.21. The van der Waals surface area contributed by atoms with Gasteiger partial charge in [-0.15, -0.1) is 0 Å². The summed E-state index contributed by atoms with van der Waals surface area (Å²) in [5, 5.41) is 0. The molecule has 1 atom stereocenters. The molecule has 4 nitrogen and oxygen atoms in total. The lowest BCUT2D eigenvalue weighted by Gasteiger charge is -2.41. The molecule has 0 aliphatic heterocycles. The topological polar surface area (TPSA) is 52.6 Å². The highest BCUT2D eigenvalue weighted by Gasteiger charge is 2.42. The quantitative estimate of drug-likeness (QED) is 0.696. The second-order valence-corrected chi connectivity index (χ2v) is 5.47. The van der Waals surface area contributed by atoms with Crippen molar-refractivity contribution in [2.45, 2.75) is 59.3 Å². The van der Waals surface area contributed by atoms with Gasteiger partial charge in [-0.05, 0) is 31.6 Å². The van der Waals surface area contributed by atoms with Gasteiger partial charge in [0.05, 0.1) is 26.1 Å². The first-order valence-corrected chi connectivity index (χ1v) is 7.35. The zero-order valence-electron chi connectivity index (χ0n) is 12.4. The molecule has 1 saturated carbocycles. The van der Waals surface area contributed by atoms with Gasteiger partial charge in [-0.2, -0.15) is 0 Å². The Balaban J connectivity index is 2.76. The van der Waals surface area contributed by atoms with E-state index in [1.807, 2.05) is 0 Å². The number of hydrogen-bond acceptors (Lipinski definition) is 4. The Labute approximate surface area is 115 Å². The summed E-state index contributed by atoms with van der Waals surface area (Å²) in [5.74, 6) is -0.0313. The number of rotatable bonds is 6. The van der Waals surface area contributed by atoms with E-state index in [9.17, 15) is 9.59 Å². The molecule has 0 aromatic heterocycles. The monoisotopic (exact) mass is 270 g/mol. The van der Waals surface area contributed by atoms with Gasteiger partial charge in [0.1, 0.15) is 0 Å². The van der Waals surface area contributed by atoms with Gasteiger partial charge >= 0.3 is 11.9 Å². The summed E-state index contributed by atoms with van der Waals surface area (Å²) >= 11 is 0. The molecule has 1 aliphatic carbocycles. The van der Waals surface area contributed by atoms with E-state index >= 15 is 0 Å². The minimum atomic E-state index is -0.267. The van der Waals surface area contributed by atoms with Crippen LogP contribution in [0, 0.1) is 11.3 Å². The predicted octanol–water partition coefficient (Wildman–Crippen LogP) is 3.09. The highest BCUT2D eigenvalue weighted by atomic mass is 16.5. The molecule has 1 aliphatic rings.